The van der Waals surface area contributed by atoms with Crippen molar-refractivity contribution >= 4 is 10.0 Å². The zero-order chi connectivity index (χ0) is 15.3. The molecular formula is C14H24N2O3S. The van der Waals surface area contributed by atoms with E-state index in [0.29, 0.717) is 41.6 Å². The molecule has 0 aliphatic rings. The SMILES string of the molecule is C=CCN(CCC)S(=O)(=O)c1c(C)oc(C)c1CNC. The van der Waals surface area contributed by atoms with Gasteiger partial charge in [-0.15, -0.1) is 6.58 Å². The number of sulfonamides is 1. The standard InChI is InChI=1S/C14H24N2O3S/c1-6-8-16(9-7-2)20(17,18)14-12(4)19-11(3)13(14)10-15-5/h6,15H,1,7-10H2,2-5H3. The van der Waals surface area contributed by atoms with E-state index in [2.05, 4.69) is 11.9 Å². The molecule has 0 radical (unpaired) electrons. The van der Waals surface area contributed by atoms with Crippen LogP contribution in [-0.2, 0) is 16.6 Å². The van der Waals surface area contributed by atoms with E-state index in [4.69, 9.17) is 4.42 Å². The van der Waals surface area contributed by atoms with Gasteiger partial charge in [-0.2, -0.15) is 4.31 Å². The van der Waals surface area contributed by atoms with Gasteiger partial charge in [-0.3, -0.25) is 0 Å². The fourth-order valence-electron chi connectivity index (χ4n) is 2.26. The van der Waals surface area contributed by atoms with E-state index in [-0.39, 0.29) is 0 Å². The molecule has 114 valence electrons. The molecule has 0 atom stereocenters. The van der Waals surface area contributed by atoms with E-state index in [1.807, 2.05) is 6.92 Å². The van der Waals surface area contributed by atoms with Gasteiger partial charge >= 0.3 is 0 Å². The normalized spacial score (nSPS) is 12.1. The van der Waals surface area contributed by atoms with Gasteiger partial charge in [0.2, 0.25) is 10.0 Å². The zero-order valence-electron chi connectivity index (χ0n) is 12.7. The zero-order valence-corrected chi connectivity index (χ0v) is 13.5. The van der Waals surface area contributed by atoms with Crippen molar-refractivity contribution in [3.8, 4) is 0 Å². The molecular weight excluding hydrogens is 276 g/mol. The first-order chi connectivity index (χ1) is 9.39. The summed E-state index contributed by atoms with van der Waals surface area (Å²) in [5.74, 6) is 1.09. The lowest BCUT2D eigenvalue weighted by Gasteiger charge is -2.20. The number of rotatable bonds is 8. The Balaban J connectivity index is 3.36. The summed E-state index contributed by atoms with van der Waals surface area (Å²) < 4.78 is 32.6. The summed E-state index contributed by atoms with van der Waals surface area (Å²) in [6, 6.07) is 0. The topological polar surface area (TPSA) is 62.6 Å². The molecule has 1 N–H and O–H groups in total. The highest BCUT2D eigenvalue weighted by molar-refractivity contribution is 7.89. The monoisotopic (exact) mass is 300 g/mol. The maximum atomic E-state index is 12.8. The first-order valence-electron chi connectivity index (χ1n) is 6.74. The van der Waals surface area contributed by atoms with Gasteiger partial charge < -0.3 is 9.73 Å². The van der Waals surface area contributed by atoms with Gasteiger partial charge in [-0.25, -0.2) is 8.42 Å². The van der Waals surface area contributed by atoms with Gasteiger partial charge in [-0.1, -0.05) is 13.0 Å². The molecule has 20 heavy (non-hydrogen) atoms. The molecule has 0 aliphatic carbocycles. The smallest absolute Gasteiger partial charge is 0.247 e. The molecule has 0 bridgehead atoms. The van der Waals surface area contributed by atoms with Crippen molar-refractivity contribution < 1.29 is 12.8 Å². The van der Waals surface area contributed by atoms with Gasteiger partial charge in [0.15, 0.2) is 0 Å². The first kappa shape index (κ1) is 16.9. The van der Waals surface area contributed by atoms with Crippen LogP contribution in [0.4, 0.5) is 0 Å². The number of nitrogens with zero attached hydrogens (tertiary/aromatic N) is 1. The minimum atomic E-state index is -3.56. The molecule has 0 aromatic carbocycles. The summed E-state index contributed by atoms with van der Waals surface area (Å²) in [4.78, 5) is 0.291. The molecule has 0 aliphatic heterocycles. The van der Waals surface area contributed by atoms with Crippen molar-refractivity contribution in [2.24, 2.45) is 0 Å². The highest BCUT2D eigenvalue weighted by atomic mass is 32.2. The summed E-state index contributed by atoms with van der Waals surface area (Å²) in [6.45, 7) is 10.3. The number of hydrogen-bond acceptors (Lipinski definition) is 4. The third-order valence-corrected chi connectivity index (χ3v) is 5.14. The van der Waals surface area contributed by atoms with Crippen molar-refractivity contribution in [3.05, 3.63) is 29.7 Å². The van der Waals surface area contributed by atoms with Crippen molar-refractivity contribution in [2.75, 3.05) is 20.1 Å². The van der Waals surface area contributed by atoms with Crippen molar-refractivity contribution in [1.29, 1.82) is 0 Å². The fraction of sp³-hybridized carbons (Fsp3) is 0.571. The molecule has 1 rings (SSSR count). The maximum Gasteiger partial charge on any atom is 0.247 e. The lowest BCUT2D eigenvalue weighted by Crippen LogP contribution is -2.33. The van der Waals surface area contributed by atoms with Crippen LogP contribution < -0.4 is 5.32 Å². The summed E-state index contributed by atoms with van der Waals surface area (Å²) in [7, 11) is -1.78. The predicted octanol–water partition coefficient (Wildman–Crippen LogP) is 2.20. The average molecular weight is 300 g/mol. The molecule has 1 heterocycles. The number of nitrogens with one attached hydrogen (secondary N) is 1. The Kier molecular flexibility index (Phi) is 5.98. The van der Waals surface area contributed by atoms with Crippen LogP contribution in [0, 0.1) is 13.8 Å². The predicted molar refractivity (Wildman–Crippen MR) is 80.2 cm³/mol. The summed E-state index contributed by atoms with van der Waals surface area (Å²) in [5, 5.41) is 2.99. The molecule has 0 saturated carbocycles. The van der Waals surface area contributed by atoms with Crippen molar-refractivity contribution in [3.63, 3.8) is 0 Å². The molecule has 0 amide bonds. The van der Waals surface area contributed by atoms with E-state index in [9.17, 15) is 8.42 Å². The molecule has 6 heteroatoms. The maximum absolute atomic E-state index is 12.8. The summed E-state index contributed by atoms with van der Waals surface area (Å²) in [6.07, 6.45) is 2.36. The van der Waals surface area contributed by atoms with Crippen LogP contribution in [0.1, 0.15) is 30.4 Å². The van der Waals surface area contributed by atoms with E-state index >= 15 is 0 Å². The second kappa shape index (κ2) is 7.06. The number of furan rings is 1. The summed E-state index contributed by atoms with van der Waals surface area (Å²) in [5.41, 5.74) is 0.704. The lowest BCUT2D eigenvalue weighted by atomic mass is 10.2. The second-order valence-electron chi connectivity index (χ2n) is 4.70. The van der Waals surface area contributed by atoms with Crippen molar-refractivity contribution in [1.82, 2.24) is 9.62 Å². The Morgan fingerprint density at radius 3 is 2.50 bits per heavy atom. The molecule has 0 fully saturated rings. The third kappa shape index (κ3) is 3.31. The molecule has 0 spiro atoms. The summed E-state index contributed by atoms with van der Waals surface area (Å²) >= 11 is 0. The van der Waals surface area contributed by atoms with Crippen LogP contribution in [0.15, 0.2) is 22.0 Å². The van der Waals surface area contributed by atoms with Crippen LogP contribution >= 0.6 is 0 Å². The second-order valence-corrected chi connectivity index (χ2v) is 6.58. The Hall–Kier alpha value is -1.11. The molecule has 0 saturated heterocycles. The van der Waals surface area contributed by atoms with Crippen LogP contribution in [0.25, 0.3) is 0 Å². The number of aryl methyl sites for hydroxylation is 2. The number of hydrogen-bond donors (Lipinski definition) is 1. The van der Waals surface area contributed by atoms with Gasteiger partial charge in [0.05, 0.1) is 0 Å². The van der Waals surface area contributed by atoms with E-state index < -0.39 is 10.0 Å². The minimum absolute atomic E-state index is 0.291. The van der Waals surface area contributed by atoms with Crippen LogP contribution in [-0.4, -0.2) is 32.9 Å². The molecule has 5 nitrogen and oxygen atoms in total. The van der Waals surface area contributed by atoms with Crippen LogP contribution in [0.3, 0.4) is 0 Å². The van der Waals surface area contributed by atoms with Gasteiger partial charge in [0.25, 0.3) is 0 Å². The highest BCUT2D eigenvalue weighted by Crippen LogP contribution is 2.29. The third-order valence-electron chi connectivity index (χ3n) is 3.08. The van der Waals surface area contributed by atoms with Gasteiger partial charge in [0.1, 0.15) is 16.4 Å². The largest absolute Gasteiger partial charge is 0.465 e. The average Bonchev–Trinajstić information content (AvgIpc) is 2.65. The van der Waals surface area contributed by atoms with Gasteiger partial charge in [-0.05, 0) is 27.3 Å². The Morgan fingerprint density at radius 1 is 1.35 bits per heavy atom. The van der Waals surface area contributed by atoms with E-state index in [0.717, 1.165) is 6.42 Å². The Morgan fingerprint density at radius 2 is 2.00 bits per heavy atom. The first-order valence-corrected chi connectivity index (χ1v) is 8.18. The van der Waals surface area contributed by atoms with Gasteiger partial charge in [0, 0.05) is 25.2 Å². The molecule has 1 aromatic heterocycles. The Bertz CT molecular complexity index is 561. The van der Waals surface area contributed by atoms with Crippen molar-refractivity contribution in [2.45, 2.75) is 38.6 Å². The highest BCUT2D eigenvalue weighted by Gasteiger charge is 2.31. The van der Waals surface area contributed by atoms with E-state index in [1.165, 1.54) is 4.31 Å². The van der Waals surface area contributed by atoms with E-state index in [1.54, 1.807) is 27.0 Å². The lowest BCUT2D eigenvalue weighted by molar-refractivity contribution is 0.437. The quantitative estimate of drug-likeness (QED) is 0.748. The van der Waals surface area contributed by atoms with Crippen LogP contribution in [0.2, 0.25) is 0 Å². The molecule has 0 unspecified atom stereocenters. The van der Waals surface area contributed by atoms with Crippen LogP contribution in [0.5, 0.6) is 0 Å². The Labute approximate surface area is 121 Å². The molecule has 1 aromatic rings. The minimum Gasteiger partial charge on any atom is -0.465 e. The fourth-order valence-corrected chi connectivity index (χ4v) is 4.18.